The second-order valence-corrected chi connectivity index (χ2v) is 5.01. The van der Waals surface area contributed by atoms with Crippen LogP contribution < -0.4 is 11.1 Å². The first kappa shape index (κ1) is 14.7. The molecule has 1 aliphatic heterocycles. The predicted molar refractivity (Wildman–Crippen MR) is 73.4 cm³/mol. The maximum Gasteiger partial charge on any atom is 0.253 e. The monoisotopic (exact) mass is 283 g/mol. The molecule has 0 bridgehead atoms. The molecule has 110 valence electrons. The van der Waals surface area contributed by atoms with E-state index in [1.165, 1.54) is 12.8 Å². The van der Waals surface area contributed by atoms with Gasteiger partial charge in [0.25, 0.3) is 5.91 Å². The van der Waals surface area contributed by atoms with E-state index in [0.29, 0.717) is 6.54 Å². The molecule has 3 N–H and O–H groups in total. The van der Waals surface area contributed by atoms with Gasteiger partial charge < -0.3 is 16.0 Å². The molecular formula is C14H19F2N3O. The number of hydrogen-bond acceptors (Lipinski definition) is 3. The van der Waals surface area contributed by atoms with Gasteiger partial charge >= 0.3 is 0 Å². The number of amides is 1. The van der Waals surface area contributed by atoms with E-state index in [2.05, 4.69) is 10.2 Å². The zero-order valence-corrected chi connectivity index (χ0v) is 11.3. The first-order valence-corrected chi connectivity index (χ1v) is 6.83. The number of nitrogen functional groups attached to an aromatic ring is 1. The van der Waals surface area contributed by atoms with E-state index < -0.39 is 17.5 Å². The fourth-order valence-corrected chi connectivity index (χ4v) is 2.36. The summed E-state index contributed by atoms with van der Waals surface area (Å²) < 4.78 is 26.0. The molecule has 20 heavy (non-hydrogen) atoms. The Morgan fingerprint density at radius 2 is 1.90 bits per heavy atom. The highest BCUT2D eigenvalue weighted by molar-refractivity contribution is 5.99. The van der Waals surface area contributed by atoms with E-state index in [1.54, 1.807) is 0 Å². The molecule has 1 aromatic carbocycles. The normalized spacial score (nSPS) is 15.5. The topological polar surface area (TPSA) is 58.4 Å². The van der Waals surface area contributed by atoms with Crippen molar-refractivity contribution >= 4 is 11.6 Å². The third-order valence-electron chi connectivity index (χ3n) is 3.47. The lowest BCUT2D eigenvalue weighted by Crippen LogP contribution is -2.29. The molecule has 0 saturated carbocycles. The van der Waals surface area contributed by atoms with Gasteiger partial charge in [0.15, 0.2) is 11.6 Å². The molecule has 1 aliphatic rings. The number of nitrogens with zero attached hydrogens (tertiary/aromatic N) is 1. The lowest BCUT2D eigenvalue weighted by atomic mass is 10.1. The summed E-state index contributed by atoms with van der Waals surface area (Å²) >= 11 is 0. The highest BCUT2D eigenvalue weighted by atomic mass is 19.2. The molecule has 1 saturated heterocycles. The Kier molecular flexibility index (Phi) is 4.89. The van der Waals surface area contributed by atoms with Gasteiger partial charge in [0, 0.05) is 18.3 Å². The van der Waals surface area contributed by atoms with Crippen molar-refractivity contribution in [3.8, 4) is 0 Å². The molecule has 1 aromatic rings. The van der Waals surface area contributed by atoms with Crippen LogP contribution in [0.1, 0.15) is 29.6 Å². The minimum atomic E-state index is -1.07. The number of nitrogens with two attached hydrogens (primary N) is 1. The number of anilines is 1. The van der Waals surface area contributed by atoms with Crippen LogP contribution in [0.25, 0.3) is 0 Å². The molecule has 0 atom stereocenters. The summed E-state index contributed by atoms with van der Waals surface area (Å²) in [5.41, 5.74) is 5.44. The molecule has 0 spiro atoms. The molecule has 0 aliphatic carbocycles. The van der Waals surface area contributed by atoms with Crippen LogP contribution in [0.3, 0.4) is 0 Å². The third kappa shape index (κ3) is 3.66. The molecule has 1 heterocycles. The average molecular weight is 283 g/mol. The van der Waals surface area contributed by atoms with Gasteiger partial charge in [-0.1, -0.05) is 0 Å². The molecule has 0 unspecified atom stereocenters. The summed E-state index contributed by atoms with van der Waals surface area (Å²) in [6.07, 6.45) is 3.30. The summed E-state index contributed by atoms with van der Waals surface area (Å²) in [5, 5.41) is 2.68. The third-order valence-corrected chi connectivity index (χ3v) is 3.47. The minimum Gasteiger partial charge on any atom is -0.398 e. The Morgan fingerprint density at radius 1 is 1.25 bits per heavy atom. The van der Waals surface area contributed by atoms with E-state index >= 15 is 0 Å². The van der Waals surface area contributed by atoms with E-state index in [1.807, 2.05) is 0 Å². The molecule has 1 amide bonds. The Balaban J connectivity index is 1.81. The fraction of sp³-hybridized carbons (Fsp3) is 0.500. The van der Waals surface area contributed by atoms with E-state index in [0.717, 1.165) is 38.2 Å². The standard InChI is InChI=1S/C14H19F2N3O/c15-11-8-10(13(17)9-12(11)16)14(20)18-4-3-7-19-5-1-2-6-19/h8-9H,1-7,17H2,(H,18,20). The highest BCUT2D eigenvalue weighted by Gasteiger charge is 2.14. The van der Waals surface area contributed by atoms with Gasteiger partial charge in [0.1, 0.15) is 0 Å². The lowest BCUT2D eigenvalue weighted by Gasteiger charge is -2.14. The van der Waals surface area contributed by atoms with Crippen molar-refractivity contribution in [2.75, 3.05) is 31.9 Å². The Morgan fingerprint density at radius 3 is 2.60 bits per heavy atom. The van der Waals surface area contributed by atoms with Gasteiger partial charge in [-0.15, -0.1) is 0 Å². The van der Waals surface area contributed by atoms with Crippen molar-refractivity contribution in [3.63, 3.8) is 0 Å². The van der Waals surface area contributed by atoms with Crippen molar-refractivity contribution in [3.05, 3.63) is 29.3 Å². The maximum atomic E-state index is 13.1. The van der Waals surface area contributed by atoms with E-state index in [9.17, 15) is 13.6 Å². The number of carbonyl (C=O) groups excluding carboxylic acids is 1. The summed E-state index contributed by atoms with van der Waals surface area (Å²) in [7, 11) is 0. The number of hydrogen-bond donors (Lipinski definition) is 2. The van der Waals surface area contributed by atoms with Crippen molar-refractivity contribution in [2.24, 2.45) is 0 Å². The summed E-state index contributed by atoms with van der Waals surface area (Å²) in [6.45, 7) is 3.66. The predicted octanol–water partition coefficient (Wildman–Crippen LogP) is 1.76. The number of likely N-dealkylation sites (tertiary alicyclic amines) is 1. The van der Waals surface area contributed by atoms with E-state index in [-0.39, 0.29) is 11.3 Å². The van der Waals surface area contributed by atoms with Crippen LogP contribution in [0.2, 0.25) is 0 Å². The number of rotatable bonds is 5. The Labute approximate surface area is 116 Å². The van der Waals surface area contributed by atoms with Gasteiger partial charge in [-0.3, -0.25) is 4.79 Å². The molecule has 6 heteroatoms. The lowest BCUT2D eigenvalue weighted by molar-refractivity contribution is 0.0952. The molecule has 1 fully saturated rings. The minimum absolute atomic E-state index is 0.0231. The van der Waals surface area contributed by atoms with Crippen LogP contribution in [-0.2, 0) is 0 Å². The van der Waals surface area contributed by atoms with Crippen molar-refractivity contribution in [1.82, 2.24) is 10.2 Å². The number of benzene rings is 1. The number of nitrogens with one attached hydrogen (secondary N) is 1. The van der Waals surface area contributed by atoms with Crippen molar-refractivity contribution in [2.45, 2.75) is 19.3 Å². The smallest absolute Gasteiger partial charge is 0.253 e. The van der Waals surface area contributed by atoms with Gasteiger partial charge in [0.05, 0.1) is 5.56 Å². The van der Waals surface area contributed by atoms with Gasteiger partial charge in [-0.25, -0.2) is 8.78 Å². The molecule has 0 radical (unpaired) electrons. The van der Waals surface area contributed by atoms with Crippen LogP contribution in [0, 0.1) is 11.6 Å². The van der Waals surface area contributed by atoms with Crippen LogP contribution >= 0.6 is 0 Å². The van der Waals surface area contributed by atoms with Crippen molar-refractivity contribution < 1.29 is 13.6 Å². The quantitative estimate of drug-likeness (QED) is 0.639. The van der Waals surface area contributed by atoms with Gasteiger partial charge in [0.2, 0.25) is 0 Å². The van der Waals surface area contributed by atoms with Crippen molar-refractivity contribution in [1.29, 1.82) is 0 Å². The second-order valence-electron chi connectivity index (χ2n) is 5.01. The fourth-order valence-electron chi connectivity index (χ4n) is 2.36. The first-order chi connectivity index (χ1) is 9.58. The zero-order chi connectivity index (χ0) is 14.5. The summed E-state index contributed by atoms with van der Waals surface area (Å²) in [4.78, 5) is 14.2. The molecule has 4 nitrogen and oxygen atoms in total. The average Bonchev–Trinajstić information content (AvgIpc) is 2.92. The molecule has 0 aromatic heterocycles. The van der Waals surface area contributed by atoms with Crippen LogP contribution in [-0.4, -0.2) is 37.0 Å². The van der Waals surface area contributed by atoms with Gasteiger partial charge in [-0.2, -0.15) is 0 Å². The summed E-state index contributed by atoms with van der Waals surface area (Å²) in [5.74, 6) is -2.59. The Bertz CT molecular complexity index is 488. The number of halogens is 2. The summed E-state index contributed by atoms with van der Waals surface area (Å²) in [6, 6.07) is 1.66. The largest absolute Gasteiger partial charge is 0.398 e. The maximum absolute atomic E-state index is 13.1. The van der Waals surface area contributed by atoms with E-state index in [4.69, 9.17) is 5.73 Å². The van der Waals surface area contributed by atoms with Crippen LogP contribution in [0.15, 0.2) is 12.1 Å². The molecular weight excluding hydrogens is 264 g/mol. The number of carbonyl (C=O) groups is 1. The van der Waals surface area contributed by atoms with Gasteiger partial charge in [-0.05, 0) is 45.0 Å². The highest BCUT2D eigenvalue weighted by Crippen LogP contribution is 2.16. The van der Waals surface area contributed by atoms with Crippen LogP contribution in [0.4, 0.5) is 14.5 Å². The zero-order valence-electron chi connectivity index (χ0n) is 11.3. The second kappa shape index (κ2) is 6.65. The van der Waals surface area contributed by atoms with Crippen LogP contribution in [0.5, 0.6) is 0 Å². The first-order valence-electron chi connectivity index (χ1n) is 6.83. The molecule has 2 rings (SSSR count). The SMILES string of the molecule is Nc1cc(F)c(F)cc1C(=O)NCCCN1CCCC1. The Hall–Kier alpha value is -1.69.